The molecule has 0 bridgehead atoms. The van der Waals surface area contributed by atoms with Crippen LogP contribution in [0.3, 0.4) is 0 Å². The average molecular weight is 652 g/mol. The monoisotopic (exact) mass is 651 g/mol. The molecule has 0 aliphatic rings. The van der Waals surface area contributed by atoms with Crippen LogP contribution >= 0.6 is 11.6 Å². The van der Waals surface area contributed by atoms with Gasteiger partial charge in [0.15, 0.2) is 0 Å². The Hall–Kier alpha value is -4.29. The van der Waals surface area contributed by atoms with Crippen LogP contribution in [0.25, 0.3) is 10.8 Å². The number of fused-ring (bicyclic) bond motifs is 1. The normalized spacial score (nSPS) is 12.3. The third-order valence-electron chi connectivity index (χ3n) is 6.76. The summed E-state index contributed by atoms with van der Waals surface area (Å²) in [7, 11) is 0. The number of benzene rings is 4. The summed E-state index contributed by atoms with van der Waals surface area (Å²) in [5, 5.41) is 15.1. The Morgan fingerprint density at radius 3 is 2.22 bits per heavy atom. The van der Waals surface area contributed by atoms with E-state index in [0.29, 0.717) is 24.3 Å². The maximum Gasteiger partial charge on any atom is 0.416 e. The topological polar surface area (TPSA) is 74.2 Å². The molecule has 0 saturated carbocycles. The molecule has 0 spiro atoms. The zero-order valence-electron chi connectivity index (χ0n) is 23.8. The van der Waals surface area contributed by atoms with Gasteiger partial charge in [-0.05, 0) is 72.4 Å². The number of halogens is 7. The lowest BCUT2D eigenvalue weighted by molar-refractivity contribution is -0.143. The van der Waals surface area contributed by atoms with Crippen molar-refractivity contribution < 1.29 is 41.0 Å². The van der Waals surface area contributed by atoms with Crippen LogP contribution in [0.2, 0.25) is 5.02 Å². The minimum atomic E-state index is -4.92. The smallest absolute Gasteiger partial charge is 0.416 e. The number of rotatable bonds is 11. The predicted molar refractivity (Wildman–Crippen MR) is 160 cm³/mol. The second-order valence-corrected chi connectivity index (χ2v) is 10.5. The highest BCUT2D eigenvalue weighted by Crippen LogP contribution is 2.36. The maximum absolute atomic E-state index is 13.3. The lowest BCUT2D eigenvalue weighted by atomic mass is 10.0. The molecule has 0 heterocycles. The molecule has 0 aromatic heterocycles. The van der Waals surface area contributed by atoms with E-state index in [2.05, 4.69) is 10.5 Å². The number of hydrogen-bond donors (Lipinski definition) is 2. The molecular weight excluding hydrogens is 624 g/mol. The van der Waals surface area contributed by atoms with Crippen molar-refractivity contribution in [1.29, 1.82) is 0 Å². The Morgan fingerprint density at radius 1 is 0.933 bits per heavy atom. The van der Waals surface area contributed by atoms with Gasteiger partial charge in [-0.2, -0.15) is 31.4 Å². The van der Waals surface area contributed by atoms with Crippen molar-refractivity contribution in [2.45, 2.75) is 32.2 Å². The molecule has 4 aromatic rings. The number of phenolic OH excluding ortho intramolecular Hbond substituents is 1. The molecule has 0 aliphatic heterocycles. The number of nitrogens with one attached hydrogen (secondary N) is 1. The van der Waals surface area contributed by atoms with Gasteiger partial charge in [-0.25, -0.2) is 5.43 Å². The van der Waals surface area contributed by atoms with Gasteiger partial charge in [0.2, 0.25) is 0 Å². The number of carbonyl (C=O) groups excluding carboxylic acids is 1. The van der Waals surface area contributed by atoms with Crippen LogP contribution in [0.1, 0.15) is 46.0 Å². The van der Waals surface area contributed by atoms with Gasteiger partial charge in [0.05, 0.1) is 22.4 Å². The van der Waals surface area contributed by atoms with Gasteiger partial charge in [-0.1, -0.05) is 42.8 Å². The van der Waals surface area contributed by atoms with E-state index >= 15 is 0 Å². The number of phenols is 1. The SMILES string of the molecule is CCCN(CCOc1ccc(/C=N\NC(=O)c2ccc(O)c(Cl)c2)c2ccccc12)Cc1cc(C(F)(F)F)cc(C(F)(F)F)c1. The second-order valence-electron chi connectivity index (χ2n) is 10.1. The fourth-order valence-corrected chi connectivity index (χ4v) is 4.83. The van der Waals surface area contributed by atoms with Crippen LogP contribution in [-0.4, -0.2) is 41.8 Å². The molecule has 238 valence electrons. The molecule has 6 nitrogen and oxygen atoms in total. The summed E-state index contributed by atoms with van der Waals surface area (Å²) < 4.78 is 86.0. The number of alkyl halides is 6. The minimum Gasteiger partial charge on any atom is -0.506 e. The molecule has 2 N–H and O–H groups in total. The van der Waals surface area contributed by atoms with E-state index in [1.807, 2.05) is 31.2 Å². The molecule has 4 rings (SSSR count). The Balaban J connectivity index is 1.45. The third-order valence-corrected chi connectivity index (χ3v) is 7.06. The van der Waals surface area contributed by atoms with Crippen molar-refractivity contribution in [1.82, 2.24) is 10.3 Å². The van der Waals surface area contributed by atoms with E-state index in [-0.39, 0.29) is 47.7 Å². The molecule has 0 fully saturated rings. The van der Waals surface area contributed by atoms with Gasteiger partial charge >= 0.3 is 12.4 Å². The lowest BCUT2D eigenvalue weighted by Crippen LogP contribution is -2.29. The highest BCUT2D eigenvalue weighted by molar-refractivity contribution is 6.32. The minimum absolute atomic E-state index is 0.0253. The molecule has 0 unspecified atom stereocenters. The molecule has 1 amide bonds. The predicted octanol–water partition coefficient (Wildman–Crippen LogP) is 8.29. The number of hydrazone groups is 1. The van der Waals surface area contributed by atoms with E-state index < -0.39 is 29.4 Å². The zero-order chi connectivity index (χ0) is 32.8. The van der Waals surface area contributed by atoms with Gasteiger partial charge in [-0.3, -0.25) is 9.69 Å². The van der Waals surface area contributed by atoms with Crippen molar-refractivity contribution in [3.8, 4) is 11.5 Å². The van der Waals surface area contributed by atoms with Gasteiger partial charge in [-0.15, -0.1) is 0 Å². The molecule has 4 aromatic carbocycles. The van der Waals surface area contributed by atoms with Gasteiger partial charge in [0.25, 0.3) is 5.91 Å². The Labute approximate surface area is 259 Å². The number of aromatic hydroxyl groups is 1. The van der Waals surface area contributed by atoms with E-state index in [1.165, 1.54) is 24.4 Å². The summed E-state index contributed by atoms with van der Waals surface area (Å²) >= 11 is 5.86. The molecule has 0 radical (unpaired) electrons. The van der Waals surface area contributed by atoms with E-state index in [9.17, 15) is 36.2 Å². The second kappa shape index (κ2) is 14.2. The lowest BCUT2D eigenvalue weighted by Gasteiger charge is -2.23. The number of ether oxygens (including phenoxy) is 1. The fourth-order valence-electron chi connectivity index (χ4n) is 4.65. The molecule has 13 heteroatoms. The van der Waals surface area contributed by atoms with Crippen LogP contribution in [0.4, 0.5) is 26.3 Å². The van der Waals surface area contributed by atoms with Crippen molar-refractivity contribution in [2.75, 3.05) is 19.7 Å². The Kier molecular flexibility index (Phi) is 10.6. The van der Waals surface area contributed by atoms with Crippen LogP contribution in [-0.2, 0) is 18.9 Å². The molecular formula is C32H28ClF6N3O3. The highest BCUT2D eigenvalue weighted by Gasteiger charge is 2.37. The van der Waals surface area contributed by atoms with Gasteiger partial charge < -0.3 is 9.84 Å². The Morgan fingerprint density at radius 2 is 1.60 bits per heavy atom. The van der Waals surface area contributed by atoms with E-state index in [1.54, 1.807) is 17.0 Å². The Bertz CT molecular complexity index is 1660. The number of carbonyl (C=O) groups is 1. The zero-order valence-corrected chi connectivity index (χ0v) is 24.6. The van der Waals surface area contributed by atoms with Crippen LogP contribution in [0.5, 0.6) is 11.5 Å². The van der Waals surface area contributed by atoms with Crippen molar-refractivity contribution in [3.63, 3.8) is 0 Å². The summed E-state index contributed by atoms with van der Waals surface area (Å²) in [6.45, 7) is 2.53. The summed E-state index contributed by atoms with van der Waals surface area (Å²) in [5.74, 6) is -0.173. The van der Waals surface area contributed by atoms with Crippen molar-refractivity contribution >= 4 is 34.5 Å². The van der Waals surface area contributed by atoms with Gasteiger partial charge in [0.1, 0.15) is 18.1 Å². The first kappa shape index (κ1) is 33.6. The maximum atomic E-state index is 13.3. The molecule has 0 aliphatic carbocycles. The number of hydrogen-bond acceptors (Lipinski definition) is 5. The summed E-state index contributed by atoms with van der Waals surface area (Å²) in [6.07, 6.45) is -7.75. The van der Waals surface area contributed by atoms with Crippen LogP contribution in [0.15, 0.2) is 77.9 Å². The van der Waals surface area contributed by atoms with Crippen LogP contribution < -0.4 is 10.2 Å². The largest absolute Gasteiger partial charge is 0.506 e. The molecule has 0 saturated heterocycles. The van der Waals surface area contributed by atoms with Crippen LogP contribution in [0, 0.1) is 0 Å². The highest BCUT2D eigenvalue weighted by atomic mass is 35.5. The fraction of sp³-hybridized carbons (Fsp3) is 0.250. The first-order valence-electron chi connectivity index (χ1n) is 13.7. The summed E-state index contributed by atoms with van der Waals surface area (Å²) in [5.41, 5.74) is 0.481. The quantitative estimate of drug-likeness (QED) is 0.0972. The van der Waals surface area contributed by atoms with Crippen molar-refractivity contribution in [3.05, 3.63) is 106 Å². The summed E-state index contributed by atoms with van der Waals surface area (Å²) in [4.78, 5) is 14.1. The van der Waals surface area contributed by atoms with Crippen molar-refractivity contribution in [2.24, 2.45) is 5.10 Å². The van der Waals surface area contributed by atoms with E-state index in [0.717, 1.165) is 22.9 Å². The summed E-state index contributed by atoms with van der Waals surface area (Å²) in [6, 6.07) is 16.3. The first-order valence-corrected chi connectivity index (χ1v) is 14.1. The standard InChI is InChI=1S/C32H28ClF6N3O3/c1-2-11-42(19-20-14-23(31(34,35)36)17-24(15-20)32(37,38)39)12-13-45-29-10-8-22(25-5-3-4-6-26(25)29)18-40-41-30(44)21-7-9-28(43)27(33)16-21/h3-10,14-18,43H,2,11-13,19H2,1H3,(H,41,44)/b40-18-. The number of nitrogens with zero attached hydrogens (tertiary/aromatic N) is 2. The van der Waals surface area contributed by atoms with E-state index in [4.69, 9.17) is 16.3 Å². The molecule has 45 heavy (non-hydrogen) atoms. The first-order chi connectivity index (χ1) is 21.3. The van der Waals surface area contributed by atoms with Gasteiger partial charge in [0, 0.05) is 29.6 Å². The average Bonchev–Trinajstić information content (AvgIpc) is 2.98. The number of amides is 1. The molecule has 0 atom stereocenters. The third kappa shape index (κ3) is 8.89.